The lowest BCUT2D eigenvalue weighted by Gasteiger charge is -2.12. The molecule has 0 radical (unpaired) electrons. The first-order valence-electron chi connectivity index (χ1n) is 5.37. The van der Waals surface area contributed by atoms with E-state index in [4.69, 9.17) is 0 Å². The first-order valence-corrected chi connectivity index (χ1v) is 5.37. The molecule has 0 aliphatic heterocycles. The summed E-state index contributed by atoms with van der Waals surface area (Å²) in [5, 5.41) is 2.73. The second kappa shape index (κ2) is 2.94. The normalized spacial score (nSPS) is 34.8. The molecule has 3 nitrogen and oxygen atoms in total. The minimum absolute atomic E-state index is 0.102. The Bertz CT molecular complexity index is 379. The SMILES string of the molecule is CC(=O)N/C(C)=C1\C(=O)C[C@H]2[C@@H]1C2(C)C. The molecular formula is C12H17NO2. The van der Waals surface area contributed by atoms with Crippen molar-refractivity contribution in [3.63, 3.8) is 0 Å². The molecule has 2 aliphatic rings. The zero-order valence-corrected chi connectivity index (χ0v) is 9.68. The molecule has 3 heteroatoms. The molecule has 2 fully saturated rings. The Morgan fingerprint density at radius 3 is 2.47 bits per heavy atom. The Balaban J connectivity index is 2.28. The molecule has 0 spiro atoms. The third-order valence-corrected chi connectivity index (χ3v) is 3.83. The molecular weight excluding hydrogens is 190 g/mol. The molecule has 0 aromatic heterocycles. The van der Waals surface area contributed by atoms with Gasteiger partial charge in [-0.2, -0.15) is 0 Å². The molecule has 2 saturated carbocycles. The van der Waals surface area contributed by atoms with Crippen LogP contribution in [0, 0.1) is 17.3 Å². The van der Waals surface area contributed by atoms with E-state index in [2.05, 4.69) is 19.2 Å². The smallest absolute Gasteiger partial charge is 0.220 e. The molecule has 0 aromatic carbocycles. The van der Waals surface area contributed by atoms with Gasteiger partial charge < -0.3 is 5.32 Å². The summed E-state index contributed by atoms with van der Waals surface area (Å²) in [5.74, 6) is 0.992. The van der Waals surface area contributed by atoms with Gasteiger partial charge in [0.05, 0.1) is 0 Å². The summed E-state index contributed by atoms with van der Waals surface area (Å²) in [4.78, 5) is 22.7. The molecule has 0 bridgehead atoms. The molecule has 1 N–H and O–H groups in total. The lowest BCUT2D eigenvalue weighted by Crippen LogP contribution is -2.22. The van der Waals surface area contributed by atoms with E-state index in [0.29, 0.717) is 18.3 Å². The van der Waals surface area contributed by atoms with Crippen molar-refractivity contribution in [3.8, 4) is 0 Å². The predicted molar refractivity (Wildman–Crippen MR) is 56.9 cm³/mol. The monoisotopic (exact) mass is 207 g/mol. The van der Waals surface area contributed by atoms with Crippen molar-refractivity contribution in [2.45, 2.75) is 34.1 Å². The Labute approximate surface area is 89.9 Å². The fourth-order valence-electron chi connectivity index (χ4n) is 2.96. The third kappa shape index (κ3) is 1.41. The van der Waals surface area contributed by atoms with Gasteiger partial charge in [-0.3, -0.25) is 9.59 Å². The van der Waals surface area contributed by atoms with Crippen LogP contribution in [-0.4, -0.2) is 11.7 Å². The van der Waals surface area contributed by atoms with E-state index < -0.39 is 0 Å². The van der Waals surface area contributed by atoms with Crippen LogP contribution in [0.1, 0.15) is 34.1 Å². The Morgan fingerprint density at radius 2 is 2.00 bits per heavy atom. The van der Waals surface area contributed by atoms with Crippen molar-refractivity contribution in [2.75, 3.05) is 0 Å². The minimum Gasteiger partial charge on any atom is -0.330 e. The molecule has 1 amide bonds. The van der Waals surface area contributed by atoms with Crippen LogP contribution >= 0.6 is 0 Å². The summed E-state index contributed by atoms with van der Waals surface area (Å²) in [6, 6.07) is 0. The fourth-order valence-corrected chi connectivity index (χ4v) is 2.96. The van der Waals surface area contributed by atoms with Gasteiger partial charge in [-0.15, -0.1) is 0 Å². The van der Waals surface area contributed by atoms with Crippen LogP contribution in [0.2, 0.25) is 0 Å². The van der Waals surface area contributed by atoms with Gasteiger partial charge >= 0.3 is 0 Å². The van der Waals surface area contributed by atoms with E-state index in [-0.39, 0.29) is 17.1 Å². The second-order valence-electron chi connectivity index (χ2n) is 5.25. The summed E-state index contributed by atoms with van der Waals surface area (Å²) in [5.41, 5.74) is 1.87. The number of nitrogens with one attached hydrogen (secondary N) is 1. The first kappa shape index (κ1) is 10.4. The number of amides is 1. The van der Waals surface area contributed by atoms with Gasteiger partial charge in [0.1, 0.15) is 0 Å². The highest BCUT2D eigenvalue weighted by atomic mass is 16.1. The maximum Gasteiger partial charge on any atom is 0.220 e. The Morgan fingerprint density at radius 1 is 1.40 bits per heavy atom. The largest absolute Gasteiger partial charge is 0.330 e. The number of fused-ring (bicyclic) bond motifs is 1. The van der Waals surface area contributed by atoms with Crippen LogP contribution in [0.25, 0.3) is 0 Å². The third-order valence-electron chi connectivity index (χ3n) is 3.83. The summed E-state index contributed by atoms with van der Waals surface area (Å²) < 4.78 is 0. The summed E-state index contributed by atoms with van der Waals surface area (Å²) in [7, 11) is 0. The van der Waals surface area contributed by atoms with E-state index in [9.17, 15) is 9.59 Å². The number of ketones is 1. The second-order valence-corrected chi connectivity index (χ2v) is 5.25. The molecule has 15 heavy (non-hydrogen) atoms. The van der Waals surface area contributed by atoms with E-state index in [1.807, 2.05) is 6.92 Å². The van der Waals surface area contributed by atoms with E-state index in [1.54, 1.807) is 0 Å². The van der Waals surface area contributed by atoms with Crippen molar-refractivity contribution in [2.24, 2.45) is 17.3 Å². The van der Waals surface area contributed by atoms with Crippen LogP contribution in [-0.2, 0) is 9.59 Å². The standard InChI is InChI=1S/C12H17NO2/c1-6(13-7(2)14)10-9(15)5-8-11(10)12(8,3)4/h8,11H,5H2,1-4H3,(H,13,14)/b10-6+/t8-,11-/m0/s1. The summed E-state index contributed by atoms with van der Waals surface area (Å²) >= 11 is 0. The number of carbonyl (C=O) groups is 2. The maximum atomic E-state index is 11.7. The highest BCUT2D eigenvalue weighted by molar-refractivity contribution is 6.01. The fraction of sp³-hybridized carbons (Fsp3) is 0.667. The molecule has 82 valence electrons. The average Bonchev–Trinajstić information content (AvgIpc) is 2.49. The Kier molecular flexibility index (Phi) is 2.04. The lowest BCUT2D eigenvalue weighted by molar-refractivity contribution is -0.118. The van der Waals surface area contributed by atoms with Crippen molar-refractivity contribution >= 4 is 11.7 Å². The Hall–Kier alpha value is -1.12. The van der Waals surface area contributed by atoms with Crippen LogP contribution < -0.4 is 5.32 Å². The number of allylic oxidation sites excluding steroid dienone is 2. The van der Waals surface area contributed by atoms with Gasteiger partial charge in [0, 0.05) is 24.6 Å². The van der Waals surface area contributed by atoms with Gasteiger partial charge in [0.15, 0.2) is 5.78 Å². The molecule has 0 saturated heterocycles. The van der Waals surface area contributed by atoms with Gasteiger partial charge in [0.25, 0.3) is 0 Å². The number of hydrogen-bond donors (Lipinski definition) is 1. The van der Waals surface area contributed by atoms with Crippen LogP contribution in [0.5, 0.6) is 0 Å². The minimum atomic E-state index is -0.102. The number of rotatable bonds is 1. The predicted octanol–water partition coefficient (Wildman–Crippen LogP) is 1.64. The highest BCUT2D eigenvalue weighted by Crippen LogP contribution is 2.68. The molecule has 0 aromatic rings. The number of carbonyl (C=O) groups excluding carboxylic acids is 2. The topological polar surface area (TPSA) is 46.2 Å². The zero-order valence-electron chi connectivity index (χ0n) is 9.68. The zero-order chi connectivity index (χ0) is 11.4. The molecule has 2 rings (SSSR count). The first-order chi connectivity index (χ1) is 6.85. The van der Waals surface area contributed by atoms with Crippen molar-refractivity contribution < 1.29 is 9.59 Å². The van der Waals surface area contributed by atoms with Crippen LogP contribution in [0.3, 0.4) is 0 Å². The van der Waals surface area contributed by atoms with E-state index >= 15 is 0 Å². The number of hydrogen-bond acceptors (Lipinski definition) is 2. The lowest BCUT2D eigenvalue weighted by atomic mass is 9.95. The van der Waals surface area contributed by atoms with Crippen molar-refractivity contribution in [1.29, 1.82) is 0 Å². The van der Waals surface area contributed by atoms with Crippen LogP contribution in [0.15, 0.2) is 11.3 Å². The molecule has 2 atom stereocenters. The van der Waals surface area contributed by atoms with Gasteiger partial charge in [-0.1, -0.05) is 13.8 Å². The van der Waals surface area contributed by atoms with E-state index in [1.165, 1.54) is 6.92 Å². The quantitative estimate of drug-likeness (QED) is 0.664. The highest BCUT2D eigenvalue weighted by Gasteiger charge is 2.65. The number of Topliss-reactive ketones (excluding diaryl/α,β-unsaturated/α-hetero) is 1. The summed E-state index contributed by atoms with van der Waals surface area (Å²) in [6.45, 7) is 7.68. The van der Waals surface area contributed by atoms with Gasteiger partial charge in [0.2, 0.25) is 5.91 Å². The molecule has 2 aliphatic carbocycles. The van der Waals surface area contributed by atoms with Gasteiger partial charge in [-0.05, 0) is 24.2 Å². The average molecular weight is 207 g/mol. The van der Waals surface area contributed by atoms with Crippen molar-refractivity contribution in [3.05, 3.63) is 11.3 Å². The molecule has 0 heterocycles. The van der Waals surface area contributed by atoms with E-state index in [0.717, 1.165) is 11.3 Å². The van der Waals surface area contributed by atoms with Gasteiger partial charge in [-0.25, -0.2) is 0 Å². The molecule has 0 unspecified atom stereocenters. The van der Waals surface area contributed by atoms with Crippen LogP contribution in [0.4, 0.5) is 0 Å². The van der Waals surface area contributed by atoms with Crippen molar-refractivity contribution in [1.82, 2.24) is 5.32 Å². The summed E-state index contributed by atoms with van der Waals surface area (Å²) in [6.07, 6.45) is 0.657. The maximum absolute atomic E-state index is 11.7.